The Morgan fingerprint density at radius 3 is 2.73 bits per heavy atom. The minimum atomic E-state index is -1.37. The van der Waals surface area contributed by atoms with Gasteiger partial charge in [-0.3, -0.25) is 14.9 Å². The average molecular weight is 607 g/mol. The first-order valence-corrected chi connectivity index (χ1v) is 12.5. The predicted molar refractivity (Wildman–Crippen MR) is 149 cm³/mol. The number of para-hydroxylation sites is 1. The van der Waals surface area contributed by atoms with E-state index in [1.54, 1.807) is 36.4 Å². The number of benzene rings is 3. The van der Waals surface area contributed by atoms with Gasteiger partial charge in [0.15, 0.2) is 17.6 Å². The number of methoxy groups -OCH3 is 1. The van der Waals surface area contributed by atoms with Crippen LogP contribution in [0.5, 0.6) is 11.5 Å². The summed E-state index contributed by atoms with van der Waals surface area (Å²) in [4.78, 5) is 40.5. The number of ether oxygens (including phenoxy) is 2. The van der Waals surface area contributed by atoms with E-state index in [9.17, 15) is 24.8 Å². The van der Waals surface area contributed by atoms with E-state index in [1.165, 1.54) is 26.3 Å². The van der Waals surface area contributed by atoms with Gasteiger partial charge < -0.3 is 19.0 Å². The van der Waals surface area contributed by atoms with Crippen molar-refractivity contribution in [1.29, 1.82) is 0 Å². The summed E-state index contributed by atoms with van der Waals surface area (Å²) in [5.41, 5.74) is 0.152. The van der Waals surface area contributed by atoms with Gasteiger partial charge >= 0.3 is 11.7 Å². The lowest BCUT2D eigenvalue weighted by Crippen LogP contribution is -2.23. The molecule has 0 unspecified atom stereocenters. The number of aliphatic carboxylic acids is 1. The first-order chi connectivity index (χ1) is 19.2. The Morgan fingerprint density at radius 1 is 1.23 bits per heavy atom. The number of nitro benzene ring substituents is 1. The van der Waals surface area contributed by atoms with Crippen molar-refractivity contribution in [2.45, 2.75) is 13.0 Å². The van der Waals surface area contributed by atoms with Gasteiger partial charge in [0.05, 0.1) is 29.2 Å². The van der Waals surface area contributed by atoms with Crippen molar-refractivity contribution in [2.75, 3.05) is 7.11 Å². The Labute approximate surface area is 233 Å². The van der Waals surface area contributed by atoms with Gasteiger partial charge in [-0.15, -0.1) is 0 Å². The van der Waals surface area contributed by atoms with E-state index in [4.69, 9.17) is 13.9 Å². The van der Waals surface area contributed by atoms with Crippen LogP contribution in [0.1, 0.15) is 12.5 Å². The maximum absolute atomic E-state index is 13.5. The molecular formula is C27H19BrN4O8. The van der Waals surface area contributed by atoms with Crippen molar-refractivity contribution >= 4 is 55.7 Å². The lowest BCUT2D eigenvalue weighted by molar-refractivity contribution is -0.386. The molecule has 0 spiro atoms. The summed E-state index contributed by atoms with van der Waals surface area (Å²) in [6.07, 6.45) is -0.151. The van der Waals surface area contributed by atoms with Crippen molar-refractivity contribution in [2.24, 2.45) is 5.10 Å². The van der Waals surface area contributed by atoms with Gasteiger partial charge in [-0.25, -0.2) is 9.78 Å². The van der Waals surface area contributed by atoms with E-state index >= 15 is 0 Å². The van der Waals surface area contributed by atoms with Crippen LogP contribution in [0.3, 0.4) is 0 Å². The molecule has 0 saturated carbocycles. The molecule has 0 saturated heterocycles. The van der Waals surface area contributed by atoms with Crippen LogP contribution in [0.15, 0.2) is 79.4 Å². The number of nitro groups is 1. The van der Waals surface area contributed by atoms with E-state index in [0.717, 1.165) is 20.6 Å². The summed E-state index contributed by atoms with van der Waals surface area (Å²) in [7, 11) is 1.26. The lowest BCUT2D eigenvalue weighted by Gasteiger charge is -2.14. The SMILES string of the molecule is COc1cc(C=Nn2c(-c3cc4cc(Br)ccc4o3)nc3ccccc3c2=O)cc([N+](=O)[O-])c1O[C@@H](C)C(=O)O. The van der Waals surface area contributed by atoms with E-state index in [0.29, 0.717) is 16.5 Å². The topological polar surface area (TPSA) is 159 Å². The molecule has 0 aliphatic rings. The van der Waals surface area contributed by atoms with Gasteiger partial charge in [0.2, 0.25) is 11.6 Å². The lowest BCUT2D eigenvalue weighted by atomic mass is 10.1. The summed E-state index contributed by atoms with van der Waals surface area (Å²) in [6.45, 7) is 1.23. The molecule has 202 valence electrons. The standard InChI is InChI=1S/C27H19BrN4O8/c1-14(27(34)35)39-24-20(32(36)37)9-15(10-22(24)38-2)13-29-31-25(30-19-6-4-3-5-18(19)26(31)33)23-12-16-11-17(28)7-8-21(16)40-23/h3-14H,1-2H3,(H,34,35)/t14-/m0/s1. The molecule has 0 radical (unpaired) electrons. The monoisotopic (exact) mass is 606 g/mol. The third kappa shape index (κ3) is 5.01. The number of furan rings is 1. The van der Waals surface area contributed by atoms with E-state index < -0.39 is 28.2 Å². The van der Waals surface area contributed by atoms with Gasteiger partial charge in [-0.1, -0.05) is 28.1 Å². The van der Waals surface area contributed by atoms with Crippen LogP contribution in [0.2, 0.25) is 0 Å². The second kappa shape index (κ2) is 10.6. The van der Waals surface area contributed by atoms with E-state index in [2.05, 4.69) is 26.0 Å². The Kier molecular flexibility index (Phi) is 7.05. The number of hydrogen-bond acceptors (Lipinski definition) is 9. The molecule has 0 aliphatic carbocycles. The third-order valence-electron chi connectivity index (χ3n) is 5.89. The van der Waals surface area contributed by atoms with Gasteiger partial charge in [-0.05, 0) is 49.4 Å². The summed E-state index contributed by atoms with van der Waals surface area (Å²) in [5.74, 6) is -1.35. The van der Waals surface area contributed by atoms with Crippen molar-refractivity contribution in [3.05, 3.63) is 91.2 Å². The van der Waals surface area contributed by atoms with Crippen molar-refractivity contribution < 1.29 is 28.7 Å². The quantitative estimate of drug-likeness (QED) is 0.142. The molecule has 5 rings (SSSR count). The molecule has 0 bridgehead atoms. The molecule has 2 aromatic heterocycles. The van der Waals surface area contributed by atoms with Crippen LogP contribution >= 0.6 is 15.9 Å². The third-order valence-corrected chi connectivity index (χ3v) is 6.38. The van der Waals surface area contributed by atoms with Gasteiger partial charge in [0.25, 0.3) is 5.56 Å². The highest BCUT2D eigenvalue weighted by molar-refractivity contribution is 9.10. The van der Waals surface area contributed by atoms with Gasteiger partial charge in [0.1, 0.15) is 5.58 Å². The highest BCUT2D eigenvalue weighted by atomic mass is 79.9. The molecule has 13 heteroatoms. The second-order valence-electron chi connectivity index (χ2n) is 8.53. The highest BCUT2D eigenvalue weighted by Gasteiger charge is 2.26. The highest BCUT2D eigenvalue weighted by Crippen LogP contribution is 2.39. The molecule has 0 amide bonds. The normalized spacial score (nSPS) is 12.2. The van der Waals surface area contributed by atoms with Crippen LogP contribution in [0.25, 0.3) is 33.5 Å². The van der Waals surface area contributed by atoms with Gasteiger partial charge in [-0.2, -0.15) is 9.78 Å². The van der Waals surface area contributed by atoms with Crippen LogP contribution in [-0.4, -0.2) is 45.1 Å². The number of fused-ring (bicyclic) bond motifs is 2. The molecule has 1 atom stereocenters. The molecule has 40 heavy (non-hydrogen) atoms. The molecule has 1 N–H and O–H groups in total. The number of hydrogen-bond donors (Lipinski definition) is 1. The largest absolute Gasteiger partial charge is 0.493 e. The number of aromatic nitrogens is 2. The van der Waals surface area contributed by atoms with Crippen LogP contribution in [-0.2, 0) is 4.79 Å². The van der Waals surface area contributed by atoms with E-state index in [-0.39, 0.29) is 28.6 Å². The average Bonchev–Trinajstić information content (AvgIpc) is 3.35. The van der Waals surface area contributed by atoms with Crippen molar-refractivity contribution in [3.63, 3.8) is 0 Å². The summed E-state index contributed by atoms with van der Waals surface area (Å²) in [5, 5.41) is 26.4. The minimum absolute atomic E-state index is 0.0872. The van der Waals surface area contributed by atoms with Crippen molar-refractivity contribution in [1.82, 2.24) is 9.66 Å². The molecular weight excluding hydrogens is 588 g/mol. The summed E-state index contributed by atoms with van der Waals surface area (Å²) < 4.78 is 18.4. The fraction of sp³-hybridized carbons (Fsp3) is 0.111. The number of carboxylic acids is 1. The molecule has 2 heterocycles. The number of nitrogens with zero attached hydrogens (tertiary/aromatic N) is 4. The number of rotatable bonds is 8. The Bertz CT molecular complexity index is 1900. The zero-order valence-corrected chi connectivity index (χ0v) is 22.5. The number of carbonyl (C=O) groups is 1. The van der Waals surface area contributed by atoms with Crippen LogP contribution in [0, 0.1) is 10.1 Å². The zero-order chi connectivity index (χ0) is 28.6. The first-order valence-electron chi connectivity index (χ1n) is 11.7. The zero-order valence-electron chi connectivity index (χ0n) is 20.9. The second-order valence-corrected chi connectivity index (χ2v) is 9.45. The molecule has 12 nitrogen and oxygen atoms in total. The summed E-state index contributed by atoms with van der Waals surface area (Å²) >= 11 is 3.43. The Balaban J connectivity index is 1.67. The molecule has 0 aliphatic heterocycles. The smallest absolute Gasteiger partial charge is 0.344 e. The minimum Gasteiger partial charge on any atom is -0.493 e. The molecule has 0 fully saturated rings. The Morgan fingerprint density at radius 2 is 2.00 bits per heavy atom. The van der Waals surface area contributed by atoms with Crippen molar-refractivity contribution in [3.8, 4) is 23.1 Å². The van der Waals surface area contributed by atoms with Crippen LogP contribution in [0.4, 0.5) is 5.69 Å². The van der Waals surface area contributed by atoms with E-state index in [1.807, 2.05) is 12.1 Å². The maximum Gasteiger partial charge on any atom is 0.344 e. The molecule has 5 aromatic rings. The van der Waals surface area contributed by atoms with Gasteiger partial charge in [0, 0.05) is 21.5 Å². The van der Waals surface area contributed by atoms with Crippen LogP contribution < -0.4 is 15.0 Å². The fourth-order valence-electron chi connectivity index (χ4n) is 3.95. The Hall–Kier alpha value is -5.04. The predicted octanol–water partition coefficient (Wildman–Crippen LogP) is 5.22. The first kappa shape index (κ1) is 26.6. The number of halogens is 1. The fourth-order valence-corrected chi connectivity index (χ4v) is 4.33. The number of carboxylic acid groups (broad SMARTS) is 1. The molecule has 3 aromatic carbocycles. The maximum atomic E-state index is 13.5. The summed E-state index contributed by atoms with van der Waals surface area (Å²) in [6, 6.07) is 16.4.